The van der Waals surface area contributed by atoms with Gasteiger partial charge in [-0.15, -0.1) is 0 Å². The Balaban J connectivity index is 2.85. The third-order valence-corrected chi connectivity index (χ3v) is 1.74. The van der Waals surface area contributed by atoms with Gasteiger partial charge in [0.2, 0.25) is 5.88 Å². The van der Waals surface area contributed by atoms with Crippen LogP contribution in [0.2, 0.25) is 5.15 Å². The standard InChI is InChI=1S/C8H9BrClNO/c1-5(2)12-8-4-6(9)3-7(10)11-8/h3-5H,1-2H3. The zero-order valence-electron chi connectivity index (χ0n) is 6.84. The number of pyridine rings is 1. The van der Waals surface area contributed by atoms with Gasteiger partial charge in [-0.1, -0.05) is 27.5 Å². The maximum atomic E-state index is 5.71. The first-order chi connectivity index (χ1) is 5.58. The summed E-state index contributed by atoms with van der Waals surface area (Å²) in [7, 11) is 0. The normalized spacial score (nSPS) is 10.4. The second-order valence-corrected chi connectivity index (χ2v) is 3.92. The van der Waals surface area contributed by atoms with Crippen LogP contribution in [0.5, 0.6) is 5.88 Å². The highest BCUT2D eigenvalue weighted by Gasteiger charge is 2.01. The van der Waals surface area contributed by atoms with Gasteiger partial charge in [-0.05, 0) is 19.9 Å². The predicted molar refractivity (Wildman–Crippen MR) is 52.7 cm³/mol. The van der Waals surface area contributed by atoms with E-state index < -0.39 is 0 Å². The quantitative estimate of drug-likeness (QED) is 0.752. The molecule has 0 N–H and O–H groups in total. The van der Waals surface area contributed by atoms with E-state index in [2.05, 4.69) is 20.9 Å². The van der Waals surface area contributed by atoms with Crippen molar-refractivity contribution in [3.8, 4) is 5.88 Å². The Morgan fingerprint density at radius 1 is 1.50 bits per heavy atom. The monoisotopic (exact) mass is 249 g/mol. The van der Waals surface area contributed by atoms with Crippen LogP contribution in [0, 0.1) is 0 Å². The predicted octanol–water partition coefficient (Wildman–Crippen LogP) is 3.28. The Bertz CT molecular complexity index is 258. The van der Waals surface area contributed by atoms with Crippen molar-refractivity contribution < 1.29 is 4.74 Å². The molecular weight excluding hydrogens is 241 g/mol. The maximum absolute atomic E-state index is 5.71. The summed E-state index contributed by atoms with van der Waals surface area (Å²) in [5.41, 5.74) is 0. The van der Waals surface area contributed by atoms with Crippen molar-refractivity contribution in [1.82, 2.24) is 4.98 Å². The molecule has 0 saturated heterocycles. The fourth-order valence-corrected chi connectivity index (χ4v) is 1.49. The number of ether oxygens (including phenoxy) is 1. The summed E-state index contributed by atoms with van der Waals surface area (Å²) < 4.78 is 6.22. The third-order valence-electron chi connectivity index (χ3n) is 1.09. The van der Waals surface area contributed by atoms with E-state index in [-0.39, 0.29) is 6.10 Å². The summed E-state index contributed by atoms with van der Waals surface area (Å²) in [5, 5.41) is 0.431. The zero-order valence-corrected chi connectivity index (χ0v) is 9.19. The van der Waals surface area contributed by atoms with Crippen LogP contribution in [0.15, 0.2) is 16.6 Å². The summed E-state index contributed by atoms with van der Waals surface area (Å²) >= 11 is 9.01. The Labute approximate surface area is 85.0 Å². The Morgan fingerprint density at radius 2 is 2.17 bits per heavy atom. The molecule has 0 bridgehead atoms. The van der Waals surface area contributed by atoms with Crippen LogP contribution in [0.1, 0.15) is 13.8 Å². The van der Waals surface area contributed by atoms with Crippen molar-refractivity contribution in [1.29, 1.82) is 0 Å². The molecule has 0 atom stereocenters. The largest absolute Gasteiger partial charge is 0.475 e. The first-order valence-electron chi connectivity index (χ1n) is 3.57. The van der Waals surface area contributed by atoms with Gasteiger partial charge in [0, 0.05) is 10.5 Å². The summed E-state index contributed by atoms with van der Waals surface area (Å²) in [6.45, 7) is 3.88. The van der Waals surface area contributed by atoms with Gasteiger partial charge in [0.25, 0.3) is 0 Å². The highest BCUT2D eigenvalue weighted by atomic mass is 79.9. The van der Waals surface area contributed by atoms with Crippen LogP contribution in [0.3, 0.4) is 0 Å². The fourth-order valence-electron chi connectivity index (χ4n) is 0.745. The Kier molecular flexibility index (Phi) is 3.35. The average molecular weight is 251 g/mol. The van der Waals surface area contributed by atoms with E-state index in [9.17, 15) is 0 Å². The first kappa shape index (κ1) is 9.81. The lowest BCUT2D eigenvalue weighted by atomic mass is 10.4. The minimum absolute atomic E-state index is 0.114. The smallest absolute Gasteiger partial charge is 0.216 e. The average Bonchev–Trinajstić information content (AvgIpc) is 1.81. The van der Waals surface area contributed by atoms with Gasteiger partial charge in [-0.25, -0.2) is 4.98 Å². The van der Waals surface area contributed by atoms with Crippen molar-refractivity contribution in [3.63, 3.8) is 0 Å². The zero-order chi connectivity index (χ0) is 9.14. The van der Waals surface area contributed by atoms with E-state index in [1.54, 1.807) is 12.1 Å². The Hall–Kier alpha value is -0.280. The highest BCUT2D eigenvalue weighted by Crippen LogP contribution is 2.21. The molecule has 2 nitrogen and oxygen atoms in total. The number of halogens is 2. The molecule has 0 aliphatic carbocycles. The van der Waals surface area contributed by atoms with E-state index >= 15 is 0 Å². The molecular formula is C8H9BrClNO. The summed E-state index contributed by atoms with van der Waals surface area (Å²) in [6.07, 6.45) is 0.114. The minimum Gasteiger partial charge on any atom is -0.475 e. The van der Waals surface area contributed by atoms with Gasteiger partial charge in [0.05, 0.1) is 6.10 Å². The molecule has 0 aliphatic rings. The minimum atomic E-state index is 0.114. The number of hydrogen-bond donors (Lipinski definition) is 0. The topological polar surface area (TPSA) is 22.1 Å². The molecule has 66 valence electrons. The van der Waals surface area contributed by atoms with Crippen molar-refractivity contribution in [3.05, 3.63) is 21.8 Å². The van der Waals surface area contributed by atoms with Crippen LogP contribution >= 0.6 is 27.5 Å². The number of nitrogens with zero attached hydrogens (tertiary/aromatic N) is 1. The summed E-state index contributed by atoms with van der Waals surface area (Å²) in [6, 6.07) is 3.50. The van der Waals surface area contributed by atoms with Crippen LogP contribution in [0.25, 0.3) is 0 Å². The lowest BCUT2D eigenvalue weighted by Crippen LogP contribution is -2.06. The van der Waals surface area contributed by atoms with Crippen LogP contribution < -0.4 is 4.74 Å². The molecule has 1 rings (SSSR count). The van der Waals surface area contributed by atoms with Gasteiger partial charge in [-0.2, -0.15) is 0 Å². The molecule has 0 aliphatic heterocycles. The molecule has 0 saturated carbocycles. The van der Waals surface area contributed by atoms with Crippen molar-refractivity contribution in [2.45, 2.75) is 20.0 Å². The van der Waals surface area contributed by atoms with Crippen LogP contribution in [-0.4, -0.2) is 11.1 Å². The van der Waals surface area contributed by atoms with Gasteiger partial charge in [0.1, 0.15) is 5.15 Å². The molecule has 12 heavy (non-hydrogen) atoms. The molecule has 0 amide bonds. The second kappa shape index (κ2) is 4.10. The van der Waals surface area contributed by atoms with Crippen molar-refractivity contribution in [2.75, 3.05) is 0 Å². The lowest BCUT2D eigenvalue weighted by molar-refractivity contribution is 0.232. The molecule has 0 fully saturated rings. The van der Waals surface area contributed by atoms with Gasteiger partial charge in [-0.3, -0.25) is 0 Å². The molecule has 1 aromatic heterocycles. The van der Waals surface area contributed by atoms with Crippen molar-refractivity contribution in [2.24, 2.45) is 0 Å². The summed E-state index contributed by atoms with van der Waals surface area (Å²) in [5.74, 6) is 0.546. The van der Waals surface area contributed by atoms with E-state index in [1.807, 2.05) is 13.8 Å². The maximum Gasteiger partial charge on any atom is 0.216 e. The molecule has 1 aromatic rings. The van der Waals surface area contributed by atoms with Crippen LogP contribution in [0.4, 0.5) is 0 Å². The summed E-state index contributed by atoms with van der Waals surface area (Å²) in [4.78, 5) is 3.99. The van der Waals surface area contributed by atoms with Gasteiger partial charge < -0.3 is 4.74 Å². The number of rotatable bonds is 2. The first-order valence-corrected chi connectivity index (χ1v) is 4.75. The van der Waals surface area contributed by atoms with Crippen molar-refractivity contribution >= 4 is 27.5 Å². The Morgan fingerprint density at radius 3 is 2.67 bits per heavy atom. The van der Waals surface area contributed by atoms with E-state index in [0.29, 0.717) is 11.0 Å². The number of aromatic nitrogens is 1. The molecule has 4 heteroatoms. The van der Waals surface area contributed by atoms with Crippen LogP contribution in [-0.2, 0) is 0 Å². The highest BCUT2D eigenvalue weighted by molar-refractivity contribution is 9.10. The molecule has 0 unspecified atom stereocenters. The second-order valence-electron chi connectivity index (χ2n) is 2.61. The van der Waals surface area contributed by atoms with E-state index in [0.717, 1.165) is 4.47 Å². The lowest BCUT2D eigenvalue weighted by Gasteiger charge is -2.08. The van der Waals surface area contributed by atoms with Gasteiger partial charge in [0.15, 0.2) is 0 Å². The molecule has 0 aromatic carbocycles. The molecule has 1 heterocycles. The van der Waals surface area contributed by atoms with E-state index in [4.69, 9.17) is 16.3 Å². The number of hydrogen-bond acceptors (Lipinski definition) is 2. The molecule has 0 radical (unpaired) electrons. The SMILES string of the molecule is CC(C)Oc1cc(Br)cc(Cl)n1. The molecule has 0 spiro atoms. The van der Waals surface area contributed by atoms with E-state index in [1.165, 1.54) is 0 Å². The third kappa shape index (κ3) is 2.99. The van der Waals surface area contributed by atoms with Gasteiger partial charge >= 0.3 is 0 Å². The fraction of sp³-hybridized carbons (Fsp3) is 0.375.